The summed E-state index contributed by atoms with van der Waals surface area (Å²) < 4.78 is 21.3. The molecule has 0 heterocycles. The Hall–Kier alpha value is -0.940. The minimum absolute atomic E-state index is 0.0483. The second-order valence-electron chi connectivity index (χ2n) is 5.29. The van der Waals surface area contributed by atoms with Crippen molar-refractivity contribution in [3.8, 4) is 12.3 Å². The van der Waals surface area contributed by atoms with Gasteiger partial charge in [-0.05, 0) is 0 Å². The molecule has 8 nitrogen and oxygen atoms in total. The SMILES string of the molecule is C#CCNCC(=O)NCCOP(=O)([O-])OCC[N+](C)(C)C. The molecular formula is C12H24N3O5P. The number of quaternary nitrogens is 1. The van der Waals surface area contributed by atoms with E-state index >= 15 is 0 Å². The first-order chi connectivity index (χ1) is 9.66. The van der Waals surface area contributed by atoms with Crippen molar-refractivity contribution in [2.75, 3.05) is 60.5 Å². The van der Waals surface area contributed by atoms with E-state index in [-0.39, 0.29) is 32.2 Å². The fourth-order valence-electron chi connectivity index (χ4n) is 1.12. The summed E-state index contributed by atoms with van der Waals surface area (Å²) in [7, 11) is 1.44. The van der Waals surface area contributed by atoms with E-state index in [2.05, 4.69) is 21.1 Å². The molecule has 9 heteroatoms. The Kier molecular flexibility index (Phi) is 9.46. The molecule has 21 heavy (non-hydrogen) atoms. The van der Waals surface area contributed by atoms with Gasteiger partial charge in [0.2, 0.25) is 5.91 Å². The average molecular weight is 321 g/mol. The van der Waals surface area contributed by atoms with E-state index in [1.165, 1.54) is 0 Å². The van der Waals surface area contributed by atoms with Gasteiger partial charge in [-0.1, -0.05) is 5.92 Å². The maximum atomic E-state index is 11.4. The van der Waals surface area contributed by atoms with Crippen LogP contribution in [-0.4, -0.2) is 70.9 Å². The molecule has 1 atom stereocenters. The zero-order chi connectivity index (χ0) is 16.4. The summed E-state index contributed by atoms with van der Waals surface area (Å²) >= 11 is 0. The molecule has 0 spiro atoms. The highest BCUT2D eigenvalue weighted by atomic mass is 31.2. The molecule has 0 bridgehead atoms. The lowest BCUT2D eigenvalue weighted by Crippen LogP contribution is -2.38. The minimum atomic E-state index is -4.32. The molecular weight excluding hydrogens is 297 g/mol. The Labute approximate surface area is 126 Å². The maximum Gasteiger partial charge on any atom is 0.268 e. The molecule has 122 valence electrons. The Balaban J connectivity index is 3.72. The smallest absolute Gasteiger partial charge is 0.268 e. The molecule has 0 rings (SSSR count). The number of nitrogens with one attached hydrogen (secondary N) is 2. The van der Waals surface area contributed by atoms with E-state index in [0.717, 1.165) is 0 Å². The van der Waals surface area contributed by atoms with Crippen molar-refractivity contribution < 1.29 is 27.8 Å². The number of amides is 1. The van der Waals surface area contributed by atoms with Crippen LogP contribution in [0.25, 0.3) is 0 Å². The van der Waals surface area contributed by atoms with Crippen LogP contribution in [0.2, 0.25) is 0 Å². The topological polar surface area (TPSA) is 99.7 Å². The molecule has 0 aromatic rings. The van der Waals surface area contributed by atoms with Crippen molar-refractivity contribution in [2.45, 2.75) is 0 Å². The average Bonchev–Trinajstić information content (AvgIpc) is 2.33. The summed E-state index contributed by atoms with van der Waals surface area (Å²) in [6.45, 7) is 0.840. The summed E-state index contributed by atoms with van der Waals surface area (Å²) in [5.41, 5.74) is 0. The number of terminal acetylenes is 1. The molecule has 2 N–H and O–H groups in total. The van der Waals surface area contributed by atoms with Gasteiger partial charge in [0.25, 0.3) is 7.82 Å². The van der Waals surface area contributed by atoms with Crippen molar-refractivity contribution in [2.24, 2.45) is 0 Å². The Morgan fingerprint density at radius 3 is 2.52 bits per heavy atom. The van der Waals surface area contributed by atoms with Crippen LogP contribution in [0.15, 0.2) is 0 Å². The van der Waals surface area contributed by atoms with Crippen molar-refractivity contribution in [1.82, 2.24) is 10.6 Å². The standard InChI is InChI=1S/C12H24N3O5P/c1-5-6-13-11-12(16)14-7-9-19-21(17,18)20-10-8-15(2,3)4/h1,13H,6-11H2,2-4H3,(H-,14,16,17,18). The first-order valence-corrected chi connectivity index (χ1v) is 7.94. The first-order valence-electron chi connectivity index (χ1n) is 6.48. The number of hydrogen-bond acceptors (Lipinski definition) is 6. The van der Waals surface area contributed by atoms with E-state index < -0.39 is 7.82 Å². The fraction of sp³-hybridized carbons (Fsp3) is 0.750. The highest BCUT2D eigenvalue weighted by Gasteiger charge is 2.13. The third-order valence-corrected chi connectivity index (χ3v) is 3.20. The van der Waals surface area contributed by atoms with Crippen LogP contribution in [0.4, 0.5) is 0 Å². The normalized spacial score (nSPS) is 14.2. The summed E-state index contributed by atoms with van der Waals surface area (Å²) in [6, 6.07) is 0. The summed E-state index contributed by atoms with van der Waals surface area (Å²) in [4.78, 5) is 22.6. The number of phosphoric acid groups is 1. The van der Waals surface area contributed by atoms with Gasteiger partial charge < -0.3 is 23.7 Å². The summed E-state index contributed by atoms with van der Waals surface area (Å²) in [5.74, 6) is 2.04. The van der Waals surface area contributed by atoms with Gasteiger partial charge in [-0.15, -0.1) is 6.42 Å². The van der Waals surface area contributed by atoms with E-state index in [0.29, 0.717) is 17.6 Å². The van der Waals surface area contributed by atoms with Crippen LogP contribution < -0.4 is 15.5 Å². The van der Waals surface area contributed by atoms with Crippen LogP contribution in [0.1, 0.15) is 0 Å². The zero-order valence-electron chi connectivity index (χ0n) is 12.8. The molecule has 0 saturated carbocycles. The summed E-state index contributed by atoms with van der Waals surface area (Å²) in [5, 5.41) is 5.18. The molecule has 1 amide bonds. The van der Waals surface area contributed by atoms with E-state index in [9.17, 15) is 14.3 Å². The number of phosphoric ester groups is 1. The van der Waals surface area contributed by atoms with Gasteiger partial charge in [0.15, 0.2) is 0 Å². The number of hydrogen-bond donors (Lipinski definition) is 2. The second-order valence-corrected chi connectivity index (χ2v) is 6.70. The Morgan fingerprint density at radius 1 is 1.33 bits per heavy atom. The second kappa shape index (κ2) is 9.90. The van der Waals surface area contributed by atoms with E-state index in [1.807, 2.05) is 21.1 Å². The number of likely N-dealkylation sites (N-methyl/N-ethyl adjacent to an activating group) is 1. The highest BCUT2D eigenvalue weighted by molar-refractivity contribution is 7.45. The number of carbonyl (C=O) groups excluding carboxylic acids is 1. The van der Waals surface area contributed by atoms with E-state index in [4.69, 9.17) is 10.9 Å². The van der Waals surface area contributed by atoms with Crippen molar-refractivity contribution in [1.29, 1.82) is 0 Å². The van der Waals surface area contributed by atoms with Crippen LogP contribution in [0.5, 0.6) is 0 Å². The van der Waals surface area contributed by atoms with Gasteiger partial charge in [0.1, 0.15) is 13.2 Å². The minimum Gasteiger partial charge on any atom is -0.756 e. The molecule has 0 fully saturated rings. The van der Waals surface area contributed by atoms with Crippen LogP contribution in [0.3, 0.4) is 0 Å². The first kappa shape index (κ1) is 20.1. The Bertz CT molecular complexity index is 403. The monoisotopic (exact) mass is 321 g/mol. The van der Waals surface area contributed by atoms with Gasteiger partial charge in [-0.2, -0.15) is 0 Å². The number of carbonyl (C=O) groups is 1. The third kappa shape index (κ3) is 13.8. The van der Waals surface area contributed by atoms with Gasteiger partial charge in [0.05, 0.1) is 40.8 Å². The van der Waals surface area contributed by atoms with Crippen LogP contribution >= 0.6 is 7.82 Å². The number of rotatable bonds is 11. The van der Waals surface area contributed by atoms with Gasteiger partial charge in [0, 0.05) is 6.54 Å². The van der Waals surface area contributed by atoms with Crippen molar-refractivity contribution >= 4 is 13.7 Å². The van der Waals surface area contributed by atoms with Gasteiger partial charge in [-0.25, -0.2) is 0 Å². The predicted octanol–water partition coefficient (Wildman–Crippen LogP) is -1.47. The molecule has 0 saturated heterocycles. The lowest BCUT2D eigenvalue weighted by Gasteiger charge is -2.27. The molecule has 0 aliphatic rings. The van der Waals surface area contributed by atoms with Gasteiger partial charge in [-0.3, -0.25) is 14.7 Å². The van der Waals surface area contributed by atoms with Crippen molar-refractivity contribution in [3.05, 3.63) is 0 Å². The third-order valence-electron chi connectivity index (χ3n) is 2.20. The molecule has 1 unspecified atom stereocenters. The molecule has 0 aromatic carbocycles. The quantitative estimate of drug-likeness (QED) is 0.209. The largest absolute Gasteiger partial charge is 0.756 e. The van der Waals surface area contributed by atoms with Crippen LogP contribution in [0, 0.1) is 12.3 Å². The predicted molar refractivity (Wildman–Crippen MR) is 77.1 cm³/mol. The van der Waals surface area contributed by atoms with E-state index in [1.54, 1.807) is 0 Å². The molecule has 0 aliphatic carbocycles. The lowest BCUT2D eigenvalue weighted by atomic mass is 10.5. The zero-order valence-corrected chi connectivity index (χ0v) is 13.7. The van der Waals surface area contributed by atoms with Crippen molar-refractivity contribution in [3.63, 3.8) is 0 Å². The number of nitrogens with zero attached hydrogens (tertiary/aromatic N) is 1. The Morgan fingerprint density at radius 2 is 1.95 bits per heavy atom. The molecule has 0 radical (unpaired) electrons. The molecule has 0 aliphatic heterocycles. The van der Waals surface area contributed by atoms with Gasteiger partial charge >= 0.3 is 0 Å². The highest BCUT2D eigenvalue weighted by Crippen LogP contribution is 2.37. The maximum absolute atomic E-state index is 11.4. The molecule has 0 aromatic heterocycles. The lowest BCUT2D eigenvalue weighted by molar-refractivity contribution is -0.870. The fourth-order valence-corrected chi connectivity index (χ4v) is 1.82. The van der Waals surface area contributed by atoms with Crippen LogP contribution in [-0.2, 0) is 18.4 Å². The summed E-state index contributed by atoms with van der Waals surface area (Å²) in [6.07, 6.45) is 5.01.